The van der Waals surface area contributed by atoms with Gasteiger partial charge in [-0.15, -0.1) is 20.4 Å². The normalized spacial score (nSPS) is 10.5. The van der Waals surface area contributed by atoms with E-state index < -0.39 is 5.91 Å². The minimum atomic E-state index is -0.506. The van der Waals surface area contributed by atoms with Crippen LogP contribution in [0.2, 0.25) is 0 Å². The van der Waals surface area contributed by atoms with Crippen molar-refractivity contribution < 1.29 is 9.21 Å². The molecular weight excluding hydrogens is 310 g/mol. The monoisotopic (exact) mass is 319 g/mol. The van der Waals surface area contributed by atoms with E-state index in [1.807, 2.05) is 36.6 Å². The lowest BCUT2D eigenvalue weighted by molar-refractivity contribution is 0.0990. The van der Waals surface area contributed by atoms with Gasteiger partial charge in [0.2, 0.25) is 11.0 Å². The quantitative estimate of drug-likeness (QED) is 0.583. The van der Waals surface area contributed by atoms with Gasteiger partial charge in [0, 0.05) is 5.56 Å². The Labute approximate surface area is 127 Å². The van der Waals surface area contributed by atoms with Gasteiger partial charge in [0.1, 0.15) is 0 Å². The second-order valence-corrected chi connectivity index (χ2v) is 5.84. The van der Waals surface area contributed by atoms with E-state index in [0.29, 0.717) is 11.0 Å². The molecular formula is C12H9N5O2S2. The number of benzene rings is 1. The Morgan fingerprint density at radius 1 is 1.19 bits per heavy atom. The van der Waals surface area contributed by atoms with Gasteiger partial charge in [0.15, 0.2) is 4.34 Å². The summed E-state index contributed by atoms with van der Waals surface area (Å²) in [6, 6.07) is 9.23. The molecule has 0 aliphatic heterocycles. The van der Waals surface area contributed by atoms with Gasteiger partial charge in [-0.05, 0) is 18.4 Å². The lowest BCUT2D eigenvalue weighted by Crippen LogP contribution is -2.12. The Kier molecular flexibility index (Phi) is 3.93. The van der Waals surface area contributed by atoms with Gasteiger partial charge in [-0.2, -0.15) is 0 Å². The first-order valence-corrected chi connectivity index (χ1v) is 7.88. The van der Waals surface area contributed by atoms with E-state index in [9.17, 15) is 4.79 Å². The molecule has 0 bridgehead atoms. The molecule has 9 heteroatoms. The number of anilines is 1. The molecule has 1 amide bonds. The van der Waals surface area contributed by atoms with Crippen LogP contribution in [0, 0.1) is 0 Å². The molecule has 0 saturated carbocycles. The van der Waals surface area contributed by atoms with E-state index in [1.165, 1.54) is 23.1 Å². The molecule has 2 heterocycles. The topological polar surface area (TPSA) is 93.8 Å². The fourth-order valence-electron chi connectivity index (χ4n) is 1.51. The standard InChI is InChI=1S/C12H9N5O2S2/c1-20-12-17-16-11(21-12)13-8(18)10-15-14-9(19-10)7-5-3-2-4-6-7/h2-6H,1H3,(H,13,16,18). The van der Waals surface area contributed by atoms with E-state index in [-0.39, 0.29) is 5.89 Å². The molecule has 1 N–H and O–H groups in total. The van der Waals surface area contributed by atoms with Crippen LogP contribution < -0.4 is 5.32 Å². The largest absolute Gasteiger partial charge is 0.412 e. The maximum absolute atomic E-state index is 12.0. The summed E-state index contributed by atoms with van der Waals surface area (Å²) in [6.07, 6.45) is 1.89. The molecule has 21 heavy (non-hydrogen) atoms. The highest BCUT2D eigenvalue weighted by molar-refractivity contribution is 8.00. The zero-order chi connectivity index (χ0) is 14.7. The van der Waals surface area contributed by atoms with Crippen LogP contribution in [0.1, 0.15) is 10.7 Å². The van der Waals surface area contributed by atoms with Crippen LogP contribution in [0.5, 0.6) is 0 Å². The second-order valence-electron chi connectivity index (χ2n) is 3.81. The highest BCUT2D eigenvalue weighted by Gasteiger charge is 2.17. The molecule has 0 spiro atoms. The average molecular weight is 319 g/mol. The lowest BCUT2D eigenvalue weighted by atomic mass is 10.2. The average Bonchev–Trinajstić information content (AvgIpc) is 3.17. The number of rotatable bonds is 4. The van der Waals surface area contributed by atoms with Gasteiger partial charge < -0.3 is 4.42 Å². The molecule has 0 saturated heterocycles. The summed E-state index contributed by atoms with van der Waals surface area (Å²) in [5.74, 6) is -0.328. The fourth-order valence-corrected chi connectivity index (χ4v) is 2.67. The smallest absolute Gasteiger partial charge is 0.315 e. The van der Waals surface area contributed by atoms with Crippen LogP contribution in [-0.2, 0) is 0 Å². The number of nitrogens with zero attached hydrogens (tertiary/aromatic N) is 4. The first kappa shape index (κ1) is 13.7. The second kappa shape index (κ2) is 6.02. The first-order valence-electron chi connectivity index (χ1n) is 5.84. The summed E-state index contributed by atoms with van der Waals surface area (Å²) in [5.41, 5.74) is 0.754. The van der Waals surface area contributed by atoms with Crippen molar-refractivity contribution in [2.45, 2.75) is 4.34 Å². The molecule has 0 aliphatic rings. The van der Waals surface area contributed by atoms with Crippen molar-refractivity contribution in [1.82, 2.24) is 20.4 Å². The SMILES string of the molecule is CSc1nnc(NC(=O)c2nnc(-c3ccccc3)o2)s1. The van der Waals surface area contributed by atoms with Crippen LogP contribution in [0.3, 0.4) is 0 Å². The molecule has 2 aromatic heterocycles. The molecule has 1 aromatic carbocycles. The van der Waals surface area contributed by atoms with Crippen LogP contribution >= 0.6 is 23.1 Å². The summed E-state index contributed by atoms with van der Waals surface area (Å²) in [6.45, 7) is 0. The Hall–Kier alpha value is -2.26. The Balaban J connectivity index is 1.75. The number of hydrogen-bond acceptors (Lipinski definition) is 8. The van der Waals surface area contributed by atoms with E-state index in [1.54, 1.807) is 0 Å². The molecule has 0 atom stereocenters. The molecule has 3 rings (SSSR count). The van der Waals surface area contributed by atoms with Crippen LogP contribution in [0.25, 0.3) is 11.5 Å². The molecule has 3 aromatic rings. The predicted octanol–water partition coefficient (Wildman–Crippen LogP) is 2.56. The third-order valence-corrected chi connectivity index (χ3v) is 4.26. The predicted molar refractivity (Wildman–Crippen MR) is 79.4 cm³/mol. The van der Waals surface area contributed by atoms with Crippen LogP contribution in [0.15, 0.2) is 39.1 Å². The van der Waals surface area contributed by atoms with E-state index in [2.05, 4.69) is 25.7 Å². The van der Waals surface area contributed by atoms with Crippen molar-refractivity contribution in [2.24, 2.45) is 0 Å². The number of carbonyl (C=O) groups excluding carboxylic acids is 1. The molecule has 106 valence electrons. The van der Waals surface area contributed by atoms with E-state index >= 15 is 0 Å². The van der Waals surface area contributed by atoms with Crippen molar-refractivity contribution in [3.63, 3.8) is 0 Å². The maximum Gasteiger partial charge on any atom is 0.315 e. The zero-order valence-electron chi connectivity index (χ0n) is 10.8. The van der Waals surface area contributed by atoms with E-state index in [0.717, 1.165) is 9.90 Å². The van der Waals surface area contributed by atoms with Gasteiger partial charge >= 0.3 is 11.8 Å². The third-order valence-electron chi connectivity index (χ3n) is 2.44. The summed E-state index contributed by atoms with van der Waals surface area (Å²) in [5, 5.41) is 18.3. The lowest BCUT2D eigenvalue weighted by Gasteiger charge is -1.95. The number of hydrogen-bond donors (Lipinski definition) is 1. The number of aromatic nitrogens is 4. The Bertz CT molecular complexity index is 756. The highest BCUT2D eigenvalue weighted by Crippen LogP contribution is 2.23. The van der Waals surface area contributed by atoms with Crippen LogP contribution in [0.4, 0.5) is 5.13 Å². The fraction of sp³-hybridized carbons (Fsp3) is 0.0833. The number of thioether (sulfide) groups is 1. The Morgan fingerprint density at radius 2 is 2.00 bits per heavy atom. The summed E-state index contributed by atoms with van der Waals surface area (Å²) < 4.78 is 6.12. The van der Waals surface area contributed by atoms with E-state index in [4.69, 9.17) is 4.42 Å². The van der Waals surface area contributed by atoms with Crippen molar-refractivity contribution in [2.75, 3.05) is 11.6 Å². The molecule has 0 radical (unpaired) electrons. The van der Waals surface area contributed by atoms with Gasteiger partial charge in [-0.3, -0.25) is 10.1 Å². The van der Waals surface area contributed by atoms with Gasteiger partial charge in [-0.25, -0.2) is 0 Å². The summed E-state index contributed by atoms with van der Waals surface area (Å²) in [7, 11) is 0. The molecule has 0 unspecified atom stereocenters. The van der Waals surface area contributed by atoms with Gasteiger partial charge in [0.05, 0.1) is 0 Å². The molecule has 0 fully saturated rings. The minimum absolute atomic E-state index is 0.116. The molecule has 7 nitrogen and oxygen atoms in total. The van der Waals surface area contributed by atoms with Crippen molar-refractivity contribution in [1.29, 1.82) is 0 Å². The van der Waals surface area contributed by atoms with Crippen molar-refractivity contribution in [3.05, 3.63) is 36.2 Å². The van der Waals surface area contributed by atoms with Crippen molar-refractivity contribution >= 4 is 34.1 Å². The summed E-state index contributed by atoms with van der Waals surface area (Å²) in [4.78, 5) is 12.0. The third kappa shape index (κ3) is 3.09. The minimum Gasteiger partial charge on any atom is -0.412 e. The van der Waals surface area contributed by atoms with Gasteiger partial charge in [-0.1, -0.05) is 41.3 Å². The zero-order valence-corrected chi connectivity index (χ0v) is 12.4. The molecule has 0 aliphatic carbocycles. The van der Waals surface area contributed by atoms with Crippen LogP contribution in [-0.4, -0.2) is 32.6 Å². The summed E-state index contributed by atoms with van der Waals surface area (Å²) >= 11 is 2.73. The maximum atomic E-state index is 12.0. The first-order chi connectivity index (χ1) is 10.3. The van der Waals surface area contributed by atoms with Crippen molar-refractivity contribution in [3.8, 4) is 11.5 Å². The highest BCUT2D eigenvalue weighted by atomic mass is 32.2. The van der Waals surface area contributed by atoms with Gasteiger partial charge in [0.25, 0.3) is 0 Å². The number of amides is 1. The Morgan fingerprint density at radius 3 is 2.71 bits per heavy atom. The number of nitrogens with one attached hydrogen (secondary N) is 1. The number of carbonyl (C=O) groups is 1.